The van der Waals surface area contributed by atoms with Gasteiger partial charge in [-0.05, 0) is 18.9 Å². The monoisotopic (exact) mass is 257 g/mol. The number of aromatic nitrogens is 1. The summed E-state index contributed by atoms with van der Waals surface area (Å²) in [5.41, 5.74) is 7.47. The minimum absolute atomic E-state index is 0.144. The number of anilines is 1. The Bertz CT molecular complexity index is 607. The molecule has 100 valence electrons. The molecule has 1 aliphatic carbocycles. The molecule has 0 aliphatic heterocycles. The third-order valence-corrected chi connectivity index (χ3v) is 4.39. The Balaban J connectivity index is 1.95. The Morgan fingerprint density at radius 2 is 2.16 bits per heavy atom. The second-order valence-electron chi connectivity index (χ2n) is 5.42. The van der Waals surface area contributed by atoms with Gasteiger partial charge < -0.3 is 15.6 Å². The van der Waals surface area contributed by atoms with Gasteiger partial charge in [-0.1, -0.05) is 24.6 Å². The van der Waals surface area contributed by atoms with Crippen molar-refractivity contribution in [2.75, 3.05) is 18.5 Å². The highest BCUT2D eigenvalue weighted by atomic mass is 16.2. The summed E-state index contributed by atoms with van der Waals surface area (Å²) in [5, 5.41) is 1.07. The molecule has 1 saturated carbocycles. The van der Waals surface area contributed by atoms with E-state index in [2.05, 4.69) is 4.98 Å². The molecule has 0 saturated heterocycles. The fraction of sp³-hybridized carbons (Fsp3) is 0.400. The number of nitrogens with zero attached hydrogens (tertiary/aromatic N) is 1. The molecule has 1 amide bonds. The lowest BCUT2D eigenvalue weighted by Gasteiger charge is -2.41. The van der Waals surface area contributed by atoms with Crippen molar-refractivity contribution >= 4 is 22.5 Å². The summed E-state index contributed by atoms with van der Waals surface area (Å²) in [5.74, 6) is 0.144. The number of carbonyl (C=O) groups is 1. The second-order valence-corrected chi connectivity index (χ2v) is 5.42. The average Bonchev–Trinajstić information content (AvgIpc) is 2.81. The fourth-order valence-electron chi connectivity index (χ4n) is 2.91. The smallest absolute Gasteiger partial charge is 0.234 e. The maximum atomic E-state index is 12.7. The largest absolute Gasteiger partial charge is 0.359 e. The number of para-hydroxylation sites is 1. The van der Waals surface area contributed by atoms with Gasteiger partial charge in [0.15, 0.2) is 0 Å². The van der Waals surface area contributed by atoms with E-state index in [1.807, 2.05) is 37.5 Å². The predicted octanol–water partition coefficient (Wildman–Crippen LogP) is 2.26. The van der Waals surface area contributed by atoms with Crippen LogP contribution in [0.4, 0.5) is 5.69 Å². The molecule has 0 radical (unpaired) electrons. The van der Waals surface area contributed by atoms with Crippen LogP contribution in [0.25, 0.3) is 10.9 Å². The van der Waals surface area contributed by atoms with E-state index in [1.165, 1.54) is 0 Å². The van der Waals surface area contributed by atoms with Crippen LogP contribution in [-0.2, 0) is 4.79 Å². The van der Waals surface area contributed by atoms with Gasteiger partial charge in [0.05, 0.1) is 11.1 Å². The topological polar surface area (TPSA) is 62.1 Å². The number of H-pyrrole nitrogens is 1. The summed E-state index contributed by atoms with van der Waals surface area (Å²) in [6, 6.07) is 8.01. The maximum absolute atomic E-state index is 12.7. The van der Waals surface area contributed by atoms with Gasteiger partial charge in [-0.15, -0.1) is 0 Å². The molecule has 3 N–H and O–H groups in total. The van der Waals surface area contributed by atoms with Gasteiger partial charge in [0, 0.05) is 30.7 Å². The number of benzene rings is 1. The highest BCUT2D eigenvalue weighted by Gasteiger charge is 2.44. The molecule has 0 spiro atoms. The van der Waals surface area contributed by atoms with E-state index in [1.54, 1.807) is 4.90 Å². The van der Waals surface area contributed by atoms with Crippen molar-refractivity contribution in [2.45, 2.75) is 19.3 Å². The number of nitrogens with one attached hydrogen (secondary N) is 1. The molecule has 1 fully saturated rings. The summed E-state index contributed by atoms with van der Waals surface area (Å²) < 4.78 is 0. The molecule has 0 bridgehead atoms. The van der Waals surface area contributed by atoms with Crippen LogP contribution in [0.5, 0.6) is 0 Å². The number of carbonyl (C=O) groups excluding carboxylic acids is 1. The summed E-state index contributed by atoms with van der Waals surface area (Å²) in [6.45, 7) is 0.443. The molecule has 3 rings (SSSR count). The molecule has 4 heteroatoms. The zero-order valence-electron chi connectivity index (χ0n) is 11.1. The normalized spacial score (nSPS) is 17.2. The van der Waals surface area contributed by atoms with Crippen LogP contribution in [0.15, 0.2) is 30.5 Å². The summed E-state index contributed by atoms with van der Waals surface area (Å²) in [6.07, 6.45) is 4.82. The van der Waals surface area contributed by atoms with Crippen LogP contribution < -0.4 is 10.6 Å². The number of nitrogens with two attached hydrogens (primary N) is 1. The van der Waals surface area contributed by atoms with Crippen molar-refractivity contribution in [1.82, 2.24) is 4.98 Å². The molecule has 1 aromatic carbocycles. The van der Waals surface area contributed by atoms with Gasteiger partial charge in [-0.3, -0.25) is 4.79 Å². The third-order valence-electron chi connectivity index (χ3n) is 4.39. The van der Waals surface area contributed by atoms with E-state index < -0.39 is 0 Å². The van der Waals surface area contributed by atoms with Crippen LogP contribution in [0.1, 0.15) is 19.3 Å². The fourth-order valence-corrected chi connectivity index (χ4v) is 2.91. The summed E-state index contributed by atoms with van der Waals surface area (Å²) >= 11 is 0. The molecular formula is C15H19N3O. The Kier molecular flexibility index (Phi) is 2.82. The lowest BCUT2D eigenvalue weighted by atomic mass is 9.68. The molecule has 1 aliphatic rings. The number of amides is 1. The summed E-state index contributed by atoms with van der Waals surface area (Å²) in [7, 11) is 1.84. The van der Waals surface area contributed by atoms with Gasteiger partial charge in [-0.2, -0.15) is 0 Å². The van der Waals surface area contributed by atoms with Crippen molar-refractivity contribution < 1.29 is 4.79 Å². The second kappa shape index (κ2) is 4.38. The molecule has 0 unspecified atom stereocenters. The number of aromatic amines is 1. The molecule has 1 heterocycles. The van der Waals surface area contributed by atoms with Crippen molar-refractivity contribution in [1.29, 1.82) is 0 Å². The van der Waals surface area contributed by atoms with E-state index in [4.69, 9.17) is 5.73 Å². The standard InChI is InChI=1S/C15H19N3O/c1-18(14(19)15(10-16)7-4-8-15)13-9-17-12-6-3-2-5-11(12)13/h2-3,5-6,9,17H,4,7-8,10,16H2,1H3. The van der Waals surface area contributed by atoms with Crippen molar-refractivity contribution in [3.05, 3.63) is 30.5 Å². The van der Waals surface area contributed by atoms with Crippen LogP contribution in [0.3, 0.4) is 0 Å². The Morgan fingerprint density at radius 3 is 2.79 bits per heavy atom. The number of hydrogen-bond donors (Lipinski definition) is 2. The van der Waals surface area contributed by atoms with E-state index in [9.17, 15) is 4.79 Å². The third kappa shape index (κ3) is 1.75. The van der Waals surface area contributed by atoms with E-state index in [-0.39, 0.29) is 11.3 Å². The van der Waals surface area contributed by atoms with Crippen LogP contribution in [0, 0.1) is 5.41 Å². The Morgan fingerprint density at radius 1 is 1.42 bits per heavy atom. The minimum Gasteiger partial charge on any atom is -0.359 e. The van der Waals surface area contributed by atoms with Crippen LogP contribution in [0.2, 0.25) is 0 Å². The molecule has 4 nitrogen and oxygen atoms in total. The minimum atomic E-state index is -0.326. The lowest BCUT2D eigenvalue weighted by Crippen LogP contribution is -2.51. The molecule has 2 aromatic rings. The number of fused-ring (bicyclic) bond motifs is 1. The van der Waals surface area contributed by atoms with Gasteiger partial charge >= 0.3 is 0 Å². The van der Waals surface area contributed by atoms with Gasteiger partial charge in [0.2, 0.25) is 5.91 Å². The molecule has 19 heavy (non-hydrogen) atoms. The van der Waals surface area contributed by atoms with Crippen LogP contribution >= 0.6 is 0 Å². The highest BCUT2D eigenvalue weighted by molar-refractivity contribution is 6.05. The first-order valence-corrected chi connectivity index (χ1v) is 6.72. The van der Waals surface area contributed by atoms with Crippen molar-refractivity contribution in [3.8, 4) is 0 Å². The highest BCUT2D eigenvalue weighted by Crippen LogP contribution is 2.42. The summed E-state index contributed by atoms with van der Waals surface area (Å²) in [4.78, 5) is 17.6. The van der Waals surface area contributed by atoms with Gasteiger partial charge in [-0.25, -0.2) is 0 Å². The first-order chi connectivity index (χ1) is 9.18. The zero-order valence-corrected chi connectivity index (χ0v) is 11.1. The maximum Gasteiger partial charge on any atom is 0.234 e. The molecular weight excluding hydrogens is 238 g/mol. The first-order valence-electron chi connectivity index (χ1n) is 6.72. The van der Waals surface area contributed by atoms with Crippen molar-refractivity contribution in [2.24, 2.45) is 11.1 Å². The quantitative estimate of drug-likeness (QED) is 0.886. The SMILES string of the molecule is CN(C(=O)C1(CN)CCC1)c1c[nH]c2ccccc12. The average molecular weight is 257 g/mol. The number of rotatable bonds is 3. The Labute approximate surface area is 112 Å². The Hall–Kier alpha value is -1.81. The molecule has 1 aromatic heterocycles. The molecule has 0 atom stereocenters. The predicted molar refractivity (Wildman–Crippen MR) is 77.0 cm³/mol. The van der Waals surface area contributed by atoms with E-state index >= 15 is 0 Å². The lowest BCUT2D eigenvalue weighted by molar-refractivity contribution is -0.131. The van der Waals surface area contributed by atoms with Crippen LogP contribution in [-0.4, -0.2) is 24.5 Å². The van der Waals surface area contributed by atoms with Crippen molar-refractivity contribution in [3.63, 3.8) is 0 Å². The zero-order chi connectivity index (χ0) is 13.5. The van der Waals surface area contributed by atoms with E-state index in [0.29, 0.717) is 6.54 Å². The number of hydrogen-bond acceptors (Lipinski definition) is 2. The first kappa shape index (κ1) is 12.2. The van der Waals surface area contributed by atoms with E-state index in [0.717, 1.165) is 35.9 Å². The van der Waals surface area contributed by atoms with Gasteiger partial charge in [0.1, 0.15) is 0 Å². The van der Waals surface area contributed by atoms with Gasteiger partial charge in [0.25, 0.3) is 0 Å².